The van der Waals surface area contributed by atoms with Crippen molar-refractivity contribution in [3.05, 3.63) is 36.0 Å². The van der Waals surface area contributed by atoms with Crippen LogP contribution in [0.2, 0.25) is 0 Å². The molecule has 0 radical (unpaired) electrons. The molecule has 1 N–H and O–H groups in total. The third-order valence-corrected chi connectivity index (χ3v) is 2.49. The Bertz CT molecular complexity index is 564. The SMILES string of the molecule is Cc1cc(NC(=O)N(C)C)c2ccccc2n1. The van der Waals surface area contributed by atoms with E-state index < -0.39 is 0 Å². The minimum absolute atomic E-state index is 0.138. The van der Waals surface area contributed by atoms with Gasteiger partial charge < -0.3 is 10.2 Å². The summed E-state index contributed by atoms with van der Waals surface area (Å²) in [5.74, 6) is 0. The summed E-state index contributed by atoms with van der Waals surface area (Å²) in [5.41, 5.74) is 2.58. The summed E-state index contributed by atoms with van der Waals surface area (Å²) in [6.45, 7) is 1.91. The Hall–Kier alpha value is -2.10. The van der Waals surface area contributed by atoms with Gasteiger partial charge >= 0.3 is 6.03 Å². The molecule has 0 aliphatic rings. The molecule has 0 bridgehead atoms. The maximum Gasteiger partial charge on any atom is 0.321 e. The molecule has 1 aromatic carbocycles. The fraction of sp³-hybridized carbons (Fsp3) is 0.231. The molecule has 4 nitrogen and oxygen atoms in total. The molecule has 0 aliphatic heterocycles. The Balaban J connectivity index is 2.49. The first-order chi connectivity index (χ1) is 8.08. The number of benzene rings is 1. The van der Waals surface area contributed by atoms with Crippen molar-refractivity contribution in [2.24, 2.45) is 0 Å². The van der Waals surface area contributed by atoms with Crippen molar-refractivity contribution >= 4 is 22.6 Å². The molecular weight excluding hydrogens is 214 g/mol. The predicted octanol–water partition coefficient (Wildman–Crippen LogP) is 2.64. The van der Waals surface area contributed by atoms with Crippen LogP contribution in [0.5, 0.6) is 0 Å². The number of nitrogens with one attached hydrogen (secondary N) is 1. The third kappa shape index (κ3) is 2.36. The van der Waals surface area contributed by atoms with Gasteiger partial charge in [0.25, 0.3) is 0 Å². The van der Waals surface area contributed by atoms with E-state index in [-0.39, 0.29) is 6.03 Å². The lowest BCUT2D eigenvalue weighted by Gasteiger charge is -2.14. The van der Waals surface area contributed by atoms with Crippen LogP contribution in [0.25, 0.3) is 10.9 Å². The van der Waals surface area contributed by atoms with Crippen LogP contribution >= 0.6 is 0 Å². The number of hydrogen-bond acceptors (Lipinski definition) is 2. The monoisotopic (exact) mass is 229 g/mol. The number of nitrogens with zero attached hydrogens (tertiary/aromatic N) is 2. The van der Waals surface area contributed by atoms with Crippen LogP contribution in [-0.2, 0) is 0 Å². The summed E-state index contributed by atoms with van der Waals surface area (Å²) in [5, 5.41) is 3.82. The molecule has 1 aromatic heterocycles. The number of urea groups is 1. The number of hydrogen-bond donors (Lipinski definition) is 1. The second-order valence-electron chi connectivity index (χ2n) is 4.15. The van der Waals surface area contributed by atoms with E-state index in [1.54, 1.807) is 14.1 Å². The maximum absolute atomic E-state index is 11.7. The highest BCUT2D eigenvalue weighted by atomic mass is 16.2. The van der Waals surface area contributed by atoms with Crippen molar-refractivity contribution in [1.82, 2.24) is 9.88 Å². The van der Waals surface area contributed by atoms with Crippen LogP contribution in [0.4, 0.5) is 10.5 Å². The van der Waals surface area contributed by atoms with Gasteiger partial charge in [-0.15, -0.1) is 0 Å². The number of rotatable bonds is 1. The molecule has 2 rings (SSSR count). The predicted molar refractivity (Wildman–Crippen MR) is 69.2 cm³/mol. The zero-order chi connectivity index (χ0) is 12.4. The second kappa shape index (κ2) is 4.41. The van der Waals surface area contributed by atoms with Gasteiger partial charge in [0, 0.05) is 25.2 Å². The molecule has 2 amide bonds. The van der Waals surface area contributed by atoms with E-state index in [1.165, 1.54) is 4.90 Å². The average Bonchev–Trinajstić information content (AvgIpc) is 2.28. The van der Waals surface area contributed by atoms with E-state index in [9.17, 15) is 4.79 Å². The zero-order valence-electron chi connectivity index (χ0n) is 10.2. The quantitative estimate of drug-likeness (QED) is 0.817. The Morgan fingerprint density at radius 2 is 2.00 bits per heavy atom. The van der Waals surface area contributed by atoms with Crippen molar-refractivity contribution in [2.75, 3.05) is 19.4 Å². The van der Waals surface area contributed by atoms with Gasteiger partial charge in [-0.25, -0.2) is 4.79 Å². The summed E-state index contributed by atoms with van der Waals surface area (Å²) in [4.78, 5) is 17.6. The van der Waals surface area contributed by atoms with Gasteiger partial charge in [0.05, 0.1) is 11.2 Å². The van der Waals surface area contributed by atoms with Crippen molar-refractivity contribution in [2.45, 2.75) is 6.92 Å². The number of carbonyl (C=O) groups is 1. The Morgan fingerprint density at radius 1 is 1.29 bits per heavy atom. The standard InChI is InChI=1S/C13H15N3O/c1-9-8-12(15-13(17)16(2)3)10-6-4-5-7-11(10)14-9/h4-8H,1-3H3,(H,14,15,17). The number of aryl methyl sites for hydroxylation is 1. The molecule has 0 fully saturated rings. The van der Waals surface area contributed by atoms with Gasteiger partial charge in [-0.05, 0) is 19.1 Å². The molecule has 0 atom stereocenters. The lowest BCUT2D eigenvalue weighted by Crippen LogP contribution is -2.27. The molecule has 0 unspecified atom stereocenters. The first-order valence-electron chi connectivity index (χ1n) is 5.42. The highest BCUT2D eigenvalue weighted by Gasteiger charge is 2.08. The van der Waals surface area contributed by atoms with Crippen molar-refractivity contribution in [3.63, 3.8) is 0 Å². The smallest absolute Gasteiger partial charge is 0.321 e. The summed E-state index contributed by atoms with van der Waals surface area (Å²) in [7, 11) is 3.43. The Morgan fingerprint density at radius 3 is 2.71 bits per heavy atom. The summed E-state index contributed by atoms with van der Waals surface area (Å²) in [6.07, 6.45) is 0. The van der Waals surface area contributed by atoms with Gasteiger partial charge in [-0.2, -0.15) is 0 Å². The maximum atomic E-state index is 11.7. The number of aromatic nitrogens is 1. The molecule has 0 saturated heterocycles. The largest absolute Gasteiger partial charge is 0.331 e. The normalized spacial score (nSPS) is 10.3. The summed E-state index contributed by atoms with van der Waals surface area (Å²) < 4.78 is 0. The zero-order valence-corrected chi connectivity index (χ0v) is 10.2. The highest BCUT2D eigenvalue weighted by Crippen LogP contribution is 2.22. The summed E-state index contributed by atoms with van der Waals surface area (Å²) >= 11 is 0. The molecule has 4 heteroatoms. The van der Waals surface area contributed by atoms with E-state index >= 15 is 0 Å². The van der Waals surface area contributed by atoms with Crippen LogP contribution in [0.1, 0.15) is 5.69 Å². The molecule has 0 spiro atoms. The molecule has 17 heavy (non-hydrogen) atoms. The van der Waals surface area contributed by atoms with Gasteiger partial charge in [-0.3, -0.25) is 4.98 Å². The molecule has 1 heterocycles. The van der Waals surface area contributed by atoms with Crippen LogP contribution in [0.3, 0.4) is 0 Å². The van der Waals surface area contributed by atoms with Crippen LogP contribution < -0.4 is 5.32 Å². The highest BCUT2D eigenvalue weighted by molar-refractivity contribution is 6.00. The van der Waals surface area contributed by atoms with Gasteiger partial charge in [0.2, 0.25) is 0 Å². The molecule has 0 saturated carbocycles. The number of anilines is 1. The molecule has 88 valence electrons. The van der Waals surface area contributed by atoms with Gasteiger partial charge in [-0.1, -0.05) is 18.2 Å². The van der Waals surface area contributed by atoms with E-state index in [1.807, 2.05) is 37.3 Å². The Kier molecular flexibility index (Phi) is 2.95. The summed E-state index contributed by atoms with van der Waals surface area (Å²) in [6, 6.07) is 9.50. The van der Waals surface area contributed by atoms with Crippen molar-refractivity contribution in [3.8, 4) is 0 Å². The molecular formula is C13H15N3O. The van der Waals surface area contributed by atoms with Crippen LogP contribution in [0.15, 0.2) is 30.3 Å². The topological polar surface area (TPSA) is 45.2 Å². The van der Waals surface area contributed by atoms with Crippen LogP contribution in [-0.4, -0.2) is 30.0 Å². The number of carbonyl (C=O) groups excluding carboxylic acids is 1. The first kappa shape index (κ1) is 11.4. The first-order valence-corrected chi connectivity index (χ1v) is 5.42. The van der Waals surface area contributed by atoms with E-state index in [4.69, 9.17) is 0 Å². The van der Waals surface area contributed by atoms with Gasteiger partial charge in [0.15, 0.2) is 0 Å². The lowest BCUT2D eigenvalue weighted by molar-refractivity contribution is 0.231. The lowest BCUT2D eigenvalue weighted by atomic mass is 10.1. The molecule has 0 aliphatic carbocycles. The number of fused-ring (bicyclic) bond motifs is 1. The minimum Gasteiger partial charge on any atom is -0.331 e. The van der Waals surface area contributed by atoms with Crippen LogP contribution in [0, 0.1) is 6.92 Å². The van der Waals surface area contributed by atoms with Gasteiger partial charge in [0.1, 0.15) is 0 Å². The minimum atomic E-state index is -0.138. The fourth-order valence-corrected chi connectivity index (χ4v) is 1.64. The average molecular weight is 229 g/mol. The number of pyridine rings is 1. The van der Waals surface area contributed by atoms with E-state index in [0.29, 0.717) is 0 Å². The van der Waals surface area contributed by atoms with E-state index in [2.05, 4.69) is 10.3 Å². The van der Waals surface area contributed by atoms with Crippen molar-refractivity contribution < 1.29 is 4.79 Å². The van der Waals surface area contributed by atoms with E-state index in [0.717, 1.165) is 22.3 Å². The fourth-order valence-electron chi connectivity index (χ4n) is 1.64. The number of para-hydroxylation sites is 1. The van der Waals surface area contributed by atoms with Crippen molar-refractivity contribution in [1.29, 1.82) is 0 Å². The Labute approximate surface area is 100 Å². The second-order valence-corrected chi connectivity index (χ2v) is 4.15. The number of amides is 2. The molecule has 2 aromatic rings. The third-order valence-electron chi connectivity index (χ3n) is 2.49.